The molecular formula is C68H45N5O4. The van der Waals surface area contributed by atoms with Gasteiger partial charge in [0.15, 0.2) is 0 Å². The summed E-state index contributed by atoms with van der Waals surface area (Å²) in [5.74, 6) is 5.46. The summed E-state index contributed by atoms with van der Waals surface area (Å²) in [7, 11) is 0. The first-order chi connectivity index (χ1) is 38.1. The highest BCUT2D eigenvalue weighted by Crippen LogP contribution is 2.46. The van der Waals surface area contributed by atoms with E-state index >= 15 is 0 Å². The first-order valence-corrected chi connectivity index (χ1v) is 25.5. The lowest BCUT2D eigenvalue weighted by Crippen LogP contribution is -2.05. The van der Waals surface area contributed by atoms with Gasteiger partial charge in [0, 0.05) is 45.4 Å². The molecule has 77 heavy (non-hydrogen) atoms. The van der Waals surface area contributed by atoms with Crippen molar-refractivity contribution in [3.05, 3.63) is 273 Å². The van der Waals surface area contributed by atoms with Crippen LogP contribution in [0.1, 0.15) is 0 Å². The molecule has 9 heteroatoms. The molecule has 366 valence electrons. The molecule has 0 saturated heterocycles. The summed E-state index contributed by atoms with van der Waals surface area (Å²) in [5.41, 5.74) is 10.8. The number of para-hydroxylation sites is 8. The second-order valence-corrected chi connectivity index (χ2v) is 18.6. The highest BCUT2D eigenvalue weighted by Gasteiger charge is 2.29. The first kappa shape index (κ1) is 45.0. The third-order valence-corrected chi connectivity index (χ3v) is 13.6. The molecule has 0 fully saturated rings. The molecule has 0 bridgehead atoms. The van der Waals surface area contributed by atoms with Gasteiger partial charge in [0.1, 0.15) is 51.5 Å². The third kappa shape index (κ3) is 8.53. The van der Waals surface area contributed by atoms with Gasteiger partial charge in [0.05, 0.1) is 39.0 Å². The summed E-state index contributed by atoms with van der Waals surface area (Å²) in [6, 6.07) is 91.1. The van der Waals surface area contributed by atoms with E-state index in [2.05, 4.69) is 123 Å². The first-order valence-electron chi connectivity index (χ1n) is 25.5. The average Bonchev–Trinajstić information content (AvgIpc) is 4.29. The number of rotatable bonds is 13. The summed E-state index contributed by atoms with van der Waals surface area (Å²) < 4.78 is 33.4. The Balaban J connectivity index is 1.08. The van der Waals surface area contributed by atoms with Crippen LogP contribution in [0.2, 0.25) is 0 Å². The number of hydrogen-bond acceptors (Lipinski definition) is 6. The van der Waals surface area contributed by atoms with E-state index in [1.165, 1.54) is 0 Å². The predicted molar refractivity (Wildman–Crippen MR) is 307 cm³/mol. The molecule has 4 aromatic heterocycles. The van der Waals surface area contributed by atoms with Crippen molar-refractivity contribution in [2.45, 2.75) is 0 Å². The van der Waals surface area contributed by atoms with Crippen LogP contribution < -0.4 is 18.9 Å². The normalized spacial score (nSPS) is 11.4. The number of nitrogens with zero attached hydrogens (tertiary/aromatic N) is 5. The van der Waals surface area contributed by atoms with Gasteiger partial charge in [-0.15, -0.1) is 0 Å². The molecular weight excluding hydrogens is 951 g/mol. The van der Waals surface area contributed by atoms with E-state index in [1.807, 2.05) is 164 Å². The zero-order valence-corrected chi connectivity index (χ0v) is 41.3. The Kier molecular flexibility index (Phi) is 11.3. The minimum atomic E-state index is 0.445. The van der Waals surface area contributed by atoms with Crippen LogP contribution >= 0.6 is 0 Å². The number of ether oxygens (including phenoxy) is 4. The van der Waals surface area contributed by atoms with Gasteiger partial charge in [-0.2, -0.15) is 0 Å². The Bertz CT molecular complexity index is 4160. The van der Waals surface area contributed by atoms with Gasteiger partial charge in [0.2, 0.25) is 5.95 Å². The molecule has 9 nitrogen and oxygen atoms in total. The molecule has 10 aromatic carbocycles. The fourth-order valence-electron chi connectivity index (χ4n) is 10.3. The van der Waals surface area contributed by atoms with E-state index in [0.717, 1.165) is 66.4 Å². The topological polar surface area (TPSA) is 77.5 Å². The van der Waals surface area contributed by atoms with Crippen molar-refractivity contribution in [1.29, 1.82) is 0 Å². The molecule has 4 heterocycles. The second kappa shape index (κ2) is 19.3. The average molecular weight is 996 g/mol. The molecule has 14 aromatic rings. The molecule has 0 aliphatic heterocycles. The summed E-state index contributed by atoms with van der Waals surface area (Å²) in [5, 5.41) is 2.15. The summed E-state index contributed by atoms with van der Waals surface area (Å²) in [4.78, 5) is 11.3. The Morgan fingerprint density at radius 1 is 0.247 bits per heavy atom. The summed E-state index contributed by atoms with van der Waals surface area (Å²) in [6.45, 7) is 0. The van der Waals surface area contributed by atoms with Crippen LogP contribution in [0.4, 0.5) is 0 Å². The molecule has 0 aliphatic carbocycles. The summed E-state index contributed by atoms with van der Waals surface area (Å²) in [6.07, 6.45) is 0. The monoisotopic (exact) mass is 995 g/mol. The maximum atomic E-state index is 6.61. The molecule has 0 N–H and O–H groups in total. The van der Waals surface area contributed by atoms with Gasteiger partial charge in [-0.1, -0.05) is 146 Å². The van der Waals surface area contributed by atoms with E-state index in [-0.39, 0.29) is 0 Å². The van der Waals surface area contributed by atoms with Crippen LogP contribution in [0.3, 0.4) is 0 Å². The van der Waals surface area contributed by atoms with Crippen LogP contribution in [0, 0.1) is 0 Å². The largest absolute Gasteiger partial charge is 0.457 e. The third-order valence-electron chi connectivity index (χ3n) is 13.6. The zero-order chi connectivity index (χ0) is 51.1. The lowest BCUT2D eigenvalue weighted by molar-refractivity contribution is 0.460. The minimum absolute atomic E-state index is 0.445. The van der Waals surface area contributed by atoms with Crippen molar-refractivity contribution < 1.29 is 18.9 Å². The van der Waals surface area contributed by atoms with Crippen LogP contribution in [-0.4, -0.2) is 23.7 Å². The van der Waals surface area contributed by atoms with Crippen molar-refractivity contribution in [1.82, 2.24) is 23.7 Å². The van der Waals surface area contributed by atoms with Crippen molar-refractivity contribution in [3.8, 4) is 85.8 Å². The molecule has 0 amide bonds. The molecule has 0 saturated carbocycles. The SMILES string of the molecule is c1ccc(Oc2cc(Oc3ccccc3)cc(-c3cc(-c4cc(Oc5ccccc5)cc(Oc5ccccc5)c4)nc(-n4c5ccccc5c5c4c4c(c6ccccc6n4-c4ccccc4)n5-c4ccccc4)n3)c2)cc1. The highest BCUT2D eigenvalue weighted by molar-refractivity contribution is 6.25. The lowest BCUT2D eigenvalue weighted by Gasteiger charge is -2.16. The molecule has 14 rings (SSSR count). The van der Waals surface area contributed by atoms with Gasteiger partial charge in [-0.05, 0) is 115 Å². The smallest absolute Gasteiger partial charge is 0.235 e. The maximum absolute atomic E-state index is 6.61. The fourth-order valence-corrected chi connectivity index (χ4v) is 10.3. The van der Waals surface area contributed by atoms with Crippen molar-refractivity contribution in [2.24, 2.45) is 0 Å². The fraction of sp³-hybridized carbons (Fsp3) is 0. The number of aromatic nitrogens is 5. The van der Waals surface area contributed by atoms with E-state index in [9.17, 15) is 0 Å². The van der Waals surface area contributed by atoms with Crippen LogP contribution in [-0.2, 0) is 0 Å². The van der Waals surface area contributed by atoms with E-state index in [0.29, 0.717) is 63.3 Å². The second-order valence-electron chi connectivity index (χ2n) is 18.6. The number of fused-ring (bicyclic) bond motifs is 7. The molecule has 0 unspecified atom stereocenters. The zero-order valence-electron chi connectivity index (χ0n) is 41.3. The Labute approximate surface area is 443 Å². The summed E-state index contributed by atoms with van der Waals surface area (Å²) >= 11 is 0. The quantitative estimate of drug-likeness (QED) is 0.115. The van der Waals surface area contributed by atoms with Gasteiger partial charge < -0.3 is 28.1 Å². The van der Waals surface area contributed by atoms with Crippen LogP contribution in [0.5, 0.6) is 46.0 Å². The van der Waals surface area contributed by atoms with Gasteiger partial charge in [0.25, 0.3) is 0 Å². The number of benzene rings is 10. The molecule has 0 atom stereocenters. The van der Waals surface area contributed by atoms with Gasteiger partial charge in [-0.3, -0.25) is 4.57 Å². The Morgan fingerprint density at radius 3 is 0.948 bits per heavy atom. The van der Waals surface area contributed by atoms with Crippen molar-refractivity contribution in [3.63, 3.8) is 0 Å². The molecule has 0 aliphatic rings. The standard InChI is InChI=1S/C68H45N5O4/c1-7-23-48(24-8-1)71-62-37-21-19-35-58(62)64-66(71)67-65(72(64)49-25-9-2-10-26-49)59-36-20-22-38-63(59)73(67)68-69-60(46-39-54(74-50-27-11-3-12-28-50)43-55(40-46)75-51-29-13-4-14-30-51)45-61(70-68)47-41-56(76-52-31-15-5-16-32-52)44-57(42-47)77-53-33-17-6-18-34-53/h1-45H. The van der Waals surface area contributed by atoms with Crippen LogP contribution in [0.25, 0.3) is 83.7 Å². The van der Waals surface area contributed by atoms with E-state index in [1.54, 1.807) is 0 Å². The lowest BCUT2D eigenvalue weighted by atomic mass is 10.1. The van der Waals surface area contributed by atoms with Gasteiger partial charge >= 0.3 is 0 Å². The van der Waals surface area contributed by atoms with Crippen molar-refractivity contribution in [2.75, 3.05) is 0 Å². The Hall–Kier alpha value is -10.6. The maximum Gasteiger partial charge on any atom is 0.235 e. The Morgan fingerprint density at radius 2 is 0.558 bits per heavy atom. The number of hydrogen-bond donors (Lipinski definition) is 0. The highest BCUT2D eigenvalue weighted by atomic mass is 16.5. The van der Waals surface area contributed by atoms with E-state index in [4.69, 9.17) is 28.9 Å². The molecule has 0 radical (unpaired) electrons. The minimum Gasteiger partial charge on any atom is -0.457 e. The van der Waals surface area contributed by atoms with E-state index < -0.39 is 0 Å². The van der Waals surface area contributed by atoms with Gasteiger partial charge in [-0.25, -0.2) is 9.97 Å². The molecule has 0 spiro atoms. The predicted octanol–water partition coefficient (Wildman–Crippen LogP) is 18.0. The van der Waals surface area contributed by atoms with Crippen LogP contribution in [0.15, 0.2) is 273 Å². The van der Waals surface area contributed by atoms with Crippen molar-refractivity contribution >= 4 is 43.9 Å².